The van der Waals surface area contributed by atoms with Crippen LogP contribution in [0.2, 0.25) is 0 Å². The van der Waals surface area contributed by atoms with Crippen molar-refractivity contribution in [3.63, 3.8) is 0 Å². The lowest BCUT2D eigenvalue weighted by molar-refractivity contribution is -0.130. The molecule has 0 bridgehead atoms. The minimum Gasteiger partial charge on any atom is -0.326 e. The molecule has 0 radical (unpaired) electrons. The molecular weight excluding hydrogens is 188 g/mol. The van der Waals surface area contributed by atoms with Gasteiger partial charge in [-0.3, -0.25) is 10.1 Å². The summed E-state index contributed by atoms with van der Waals surface area (Å²) in [6.45, 7) is 5.06. The SMILES string of the molecule is CCC1NC(C)C(=O)N1CCC1CCC1. The number of nitrogens with one attached hydrogen (secondary N) is 1. The van der Waals surface area contributed by atoms with E-state index in [9.17, 15) is 4.79 Å². The van der Waals surface area contributed by atoms with E-state index < -0.39 is 0 Å². The fourth-order valence-electron chi connectivity index (χ4n) is 2.56. The Morgan fingerprint density at radius 2 is 2.20 bits per heavy atom. The van der Waals surface area contributed by atoms with Crippen molar-refractivity contribution in [2.75, 3.05) is 6.54 Å². The zero-order valence-corrected chi connectivity index (χ0v) is 9.83. The van der Waals surface area contributed by atoms with Gasteiger partial charge >= 0.3 is 0 Å². The Morgan fingerprint density at radius 1 is 1.47 bits per heavy atom. The Morgan fingerprint density at radius 3 is 2.73 bits per heavy atom. The summed E-state index contributed by atoms with van der Waals surface area (Å²) in [6.07, 6.45) is 6.65. The van der Waals surface area contributed by atoms with Gasteiger partial charge in [0.05, 0.1) is 12.2 Å². The first-order valence-electron chi connectivity index (χ1n) is 6.29. The lowest BCUT2D eigenvalue weighted by Gasteiger charge is -2.29. The first kappa shape index (κ1) is 10.9. The molecule has 2 atom stereocenters. The zero-order valence-electron chi connectivity index (χ0n) is 9.83. The highest BCUT2D eigenvalue weighted by atomic mass is 16.2. The molecular formula is C12H22N2O. The minimum atomic E-state index is 0.0244. The molecule has 1 saturated heterocycles. The van der Waals surface area contributed by atoms with Crippen LogP contribution in [0.5, 0.6) is 0 Å². The average molecular weight is 210 g/mol. The average Bonchev–Trinajstić information content (AvgIpc) is 2.42. The van der Waals surface area contributed by atoms with Crippen molar-refractivity contribution in [2.45, 2.75) is 58.2 Å². The van der Waals surface area contributed by atoms with E-state index in [1.165, 1.54) is 25.7 Å². The van der Waals surface area contributed by atoms with Gasteiger partial charge in [-0.1, -0.05) is 26.2 Å². The summed E-state index contributed by atoms with van der Waals surface area (Å²) in [5, 5.41) is 3.34. The van der Waals surface area contributed by atoms with E-state index in [4.69, 9.17) is 0 Å². The van der Waals surface area contributed by atoms with Crippen LogP contribution in [-0.4, -0.2) is 29.6 Å². The third-order valence-corrected chi connectivity index (χ3v) is 3.86. The molecule has 1 N–H and O–H groups in total. The van der Waals surface area contributed by atoms with Crippen molar-refractivity contribution in [3.8, 4) is 0 Å². The predicted octanol–water partition coefficient (Wildman–Crippen LogP) is 1.73. The van der Waals surface area contributed by atoms with Crippen LogP contribution in [0.25, 0.3) is 0 Å². The second-order valence-electron chi connectivity index (χ2n) is 4.93. The lowest BCUT2D eigenvalue weighted by Crippen LogP contribution is -2.38. The normalized spacial score (nSPS) is 32.1. The van der Waals surface area contributed by atoms with E-state index in [-0.39, 0.29) is 12.2 Å². The number of amides is 1. The second-order valence-corrected chi connectivity index (χ2v) is 4.93. The molecule has 2 fully saturated rings. The molecule has 2 unspecified atom stereocenters. The molecule has 0 aromatic carbocycles. The summed E-state index contributed by atoms with van der Waals surface area (Å²) in [7, 11) is 0. The molecule has 1 aliphatic heterocycles. The Balaban J connectivity index is 1.84. The molecule has 0 aromatic heterocycles. The van der Waals surface area contributed by atoms with Crippen molar-refractivity contribution in [1.29, 1.82) is 0 Å². The summed E-state index contributed by atoms with van der Waals surface area (Å²) in [4.78, 5) is 13.9. The number of carbonyl (C=O) groups is 1. The summed E-state index contributed by atoms with van der Waals surface area (Å²) in [5.41, 5.74) is 0. The Labute approximate surface area is 92.2 Å². The topological polar surface area (TPSA) is 32.3 Å². The van der Waals surface area contributed by atoms with Gasteiger partial charge in [-0.05, 0) is 25.7 Å². The highest BCUT2D eigenvalue weighted by Gasteiger charge is 2.35. The quantitative estimate of drug-likeness (QED) is 0.766. The summed E-state index contributed by atoms with van der Waals surface area (Å²) < 4.78 is 0. The van der Waals surface area contributed by atoms with Crippen molar-refractivity contribution in [1.82, 2.24) is 10.2 Å². The second kappa shape index (κ2) is 4.52. The first-order chi connectivity index (χ1) is 7.22. The van der Waals surface area contributed by atoms with Crippen molar-refractivity contribution >= 4 is 5.91 Å². The largest absolute Gasteiger partial charge is 0.326 e. The van der Waals surface area contributed by atoms with E-state index in [0.717, 1.165) is 18.9 Å². The molecule has 3 heteroatoms. The van der Waals surface area contributed by atoms with E-state index >= 15 is 0 Å². The van der Waals surface area contributed by atoms with Gasteiger partial charge in [0, 0.05) is 6.54 Å². The number of rotatable bonds is 4. The van der Waals surface area contributed by atoms with Gasteiger partial charge in [0.15, 0.2) is 0 Å². The fourth-order valence-corrected chi connectivity index (χ4v) is 2.56. The van der Waals surface area contributed by atoms with Crippen molar-refractivity contribution < 1.29 is 4.79 Å². The van der Waals surface area contributed by atoms with Gasteiger partial charge < -0.3 is 4.90 Å². The van der Waals surface area contributed by atoms with Crippen LogP contribution in [0, 0.1) is 5.92 Å². The van der Waals surface area contributed by atoms with E-state index in [1.807, 2.05) is 11.8 Å². The highest BCUT2D eigenvalue weighted by molar-refractivity contribution is 5.83. The van der Waals surface area contributed by atoms with Crippen LogP contribution in [0.1, 0.15) is 46.0 Å². The highest BCUT2D eigenvalue weighted by Crippen LogP contribution is 2.30. The Kier molecular flexibility index (Phi) is 3.29. The standard InChI is InChI=1S/C12H22N2O/c1-3-11-13-9(2)12(15)14(11)8-7-10-5-4-6-10/h9-11,13H,3-8H2,1-2H3. The maximum atomic E-state index is 11.9. The molecule has 0 spiro atoms. The molecule has 0 aromatic rings. The van der Waals surface area contributed by atoms with Gasteiger partial charge in [0.25, 0.3) is 0 Å². The Hall–Kier alpha value is -0.570. The molecule has 2 rings (SSSR count). The smallest absolute Gasteiger partial charge is 0.240 e. The van der Waals surface area contributed by atoms with Gasteiger partial charge in [-0.15, -0.1) is 0 Å². The van der Waals surface area contributed by atoms with Gasteiger partial charge in [-0.25, -0.2) is 0 Å². The molecule has 1 aliphatic carbocycles. The van der Waals surface area contributed by atoms with E-state index in [1.54, 1.807) is 0 Å². The predicted molar refractivity (Wildman–Crippen MR) is 60.3 cm³/mol. The first-order valence-corrected chi connectivity index (χ1v) is 6.29. The molecule has 15 heavy (non-hydrogen) atoms. The maximum Gasteiger partial charge on any atom is 0.240 e. The van der Waals surface area contributed by atoms with Crippen LogP contribution in [0.3, 0.4) is 0 Å². The summed E-state index contributed by atoms with van der Waals surface area (Å²) in [5.74, 6) is 1.19. The van der Waals surface area contributed by atoms with Crippen LogP contribution >= 0.6 is 0 Å². The van der Waals surface area contributed by atoms with Crippen molar-refractivity contribution in [2.24, 2.45) is 5.92 Å². The molecule has 2 aliphatic rings. The van der Waals surface area contributed by atoms with Gasteiger partial charge in [0.1, 0.15) is 0 Å². The fraction of sp³-hybridized carbons (Fsp3) is 0.917. The Bertz CT molecular complexity index is 238. The number of hydrogen-bond acceptors (Lipinski definition) is 2. The molecule has 1 saturated carbocycles. The van der Waals surface area contributed by atoms with Crippen LogP contribution < -0.4 is 5.32 Å². The lowest BCUT2D eigenvalue weighted by atomic mass is 9.83. The van der Waals surface area contributed by atoms with E-state index in [0.29, 0.717) is 5.91 Å². The minimum absolute atomic E-state index is 0.0244. The van der Waals surface area contributed by atoms with E-state index in [2.05, 4.69) is 12.2 Å². The van der Waals surface area contributed by atoms with Crippen LogP contribution in [-0.2, 0) is 4.79 Å². The molecule has 1 amide bonds. The van der Waals surface area contributed by atoms with Crippen LogP contribution in [0.15, 0.2) is 0 Å². The third kappa shape index (κ3) is 2.17. The molecule has 3 nitrogen and oxygen atoms in total. The third-order valence-electron chi connectivity index (χ3n) is 3.86. The summed E-state index contributed by atoms with van der Waals surface area (Å²) in [6, 6.07) is 0.0244. The number of carbonyl (C=O) groups excluding carboxylic acids is 1. The zero-order chi connectivity index (χ0) is 10.8. The van der Waals surface area contributed by atoms with Crippen LogP contribution in [0.4, 0.5) is 0 Å². The summed E-state index contributed by atoms with van der Waals surface area (Å²) >= 11 is 0. The molecule has 86 valence electrons. The van der Waals surface area contributed by atoms with Gasteiger partial charge in [0.2, 0.25) is 5.91 Å². The maximum absolute atomic E-state index is 11.9. The number of nitrogens with zero attached hydrogens (tertiary/aromatic N) is 1. The number of hydrogen-bond donors (Lipinski definition) is 1. The monoisotopic (exact) mass is 210 g/mol. The molecule has 1 heterocycles. The van der Waals surface area contributed by atoms with Crippen molar-refractivity contribution in [3.05, 3.63) is 0 Å². The van der Waals surface area contributed by atoms with Gasteiger partial charge in [-0.2, -0.15) is 0 Å².